The molecule has 3 aromatic rings. The lowest BCUT2D eigenvalue weighted by atomic mass is 10.1. The molecule has 0 spiro atoms. The first-order chi connectivity index (χ1) is 17.3. The number of rotatable bonds is 8. The van der Waals surface area contributed by atoms with E-state index in [1.54, 1.807) is 23.1 Å². The first kappa shape index (κ1) is 26.4. The molecule has 190 valence electrons. The smallest absolute Gasteiger partial charge is 0.245 e. The number of para-hydroxylation sites is 1. The fourth-order valence-corrected chi connectivity index (χ4v) is 6.28. The fraction of sp³-hybridized carbons (Fsp3) is 0.269. The van der Waals surface area contributed by atoms with Crippen LogP contribution in [0.3, 0.4) is 0 Å². The monoisotopic (exact) mass is 549 g/mol. The molecule has 0 N–H and O–H groups in total. The third-order valence-corrected chi connectivity index (χ3v) is 8.70. The van der Waals surface area contributed by atoms with E-state index in [1.165, 1.54) is 24.3 Å². The molecule has 1 fully saturated rings. The number of carbonyl (C=O) groups is 1. The maximum absolute atomic E-state index is 14.2. The number of sulfonamides is 1. The Kier molecular flexibility index (Phi) is 8.51. The maximum Gasteiger partial charge on any atom is 0.245 e. The van der Waals surface area contributed by atoms with Crippen molar-refractivity contribution in [2.75, 3.05) is 44.2 Å². The van der Waals surface area contributed by atoms with Gasteiger partial charge in [-0.15, -0.1) is 0 Å². The molecule has 0 saturated carbocycles. The Labute approximate surface area is 220 Å². The highest BCUT2D eigenvalue weighted by Crippen LogP contribution is 2.28. The predicted molar refractivity (Wildman–Crippen MR) is 141 cm³/mol. The van der Waals surface area contributed by atoms with Gasteiger partial charge < -0.3 is 9.80 Å². The van der Waals surface area contributed by atoms with Gasteiger partial charge >= 0.3 is 0 Å². The van der Waals surface area contributed by atoms with Crippen molar-refractivity contribution < 1.29 is 17.6 Å². The van der Waals surface area contributed by atoms with Crippen molar-refractivity contribution >= 4 is 44.8 Å². The zero-order valence-corrected chi connectivity index (χ0v) is 21.8. The van der Waals surface area contributed by atoms with Gasteiger partial charge in [-0.05, 0) is 42.3 Å². The van der Waals surface area contributed by atoms with Gasteiger partial charge in [-0.25, -0.2) is 12.8 Å². The van der Waals surface area contributed by atoms with Gasteiger partial charge in [0.15, 0.2) is 0 Å². The van der Waals surface area contributed by atoms with Crippen LogP contribution >= 0.6 is 23.2 Å². The third kappa shape index (κ3) is 6.18. The quantitative estimate of drug-likeness (QED) is 0.408. The Morgan fingerprint density at radius 3 is 2.28 bits per heavy atom. The zero-order valence-electron chi connectivity index (χ0n) is 19.5. The average molecular weight is 550 g/mol. The van der Waals surface area contributed by atoms with E-state index in [2.05, 4.69) is 0 Å². The molecule has 0 unspecified atom stereocenters. The predicted octanol–water partition coefficient (Wildman–Crippen LogP) is 4.71. The summed E-state index contributed by atoms with van der Waals surface area (Å²) in [7, 11) is -4.11. The number of anilines is 1. The molecule has 1 aliphatic heterocycles. The molecule has 4 rings (SSSR count). The number of hydrogen-bond acceptors (Lipinski definition) is 4. The lowest BCUT2D eigenvalue weighted by Gasteiger charge is -2.37. The van der Waals surface area contributed by atoms with Crippen LogP contribution in [0.2, 0.25) is 10.0 Å². The number of amides is 1. The van der Waals surface area contributed by atoms with Crippen molar-refractivity contribution in [1.29, 1.82) is 0 Å². The van der Waals surface area contributed by atoms with Gasteiger partial charge in [0, 0.05) is 37.7 Å². The number of benzene rings is 3. The van der Waals surface area contributed by atoms with Gasteiger partial charge in [0.25, 0.3) is 0 Å². The Hall–Kier alpha value is -2.65. The molecule has 1 aliphatic rings. The Morgan fingerprint density at radius 1 is 0.917 bits per heavy atom. The van der Waals surface area contributed by atoms with Crippen molar-refractivity contribution in [3.8, 4) is 0 Å². The van der Waals surface area contributed by atoms with E-state index in [9.17, 15) is 17.6 Å². The largest absolute Gasteiger partial charge is 0.366 e. The lowest BCUT2D eigenvalue weighted by Crippen LogP contribution is -2.52. The number of halogens is 3. The van der Waals surface area contributed by atoms with E-state index in [4.69, 9.17) is 23.2 Å². The van der Waals surface area contributed by atoms with E-state index in [1.807, 2.05) is 35.2 Å². The van der Waals surface area contributed by atoms with E-state index in [-0.39, 0.29) is 39.8 Å². The molecule has 0 aliphatic carbocycles. The summed E-state index contributed by atoms with van der Waals surface area (Å²) in [6.07, 6.45) is 0.423. The topological polar surface area (TPSA) is 60.9 Å². The summed E-state index contributed by atoms with van der Waals surface area (Å²) >= 11 is 12.3. The lowest BCUT2D eigenvalue weighted by molar-refractivity contribution is -0.131. The number of nitrogens with zero attached hydrogens (tertiary/aromatic N) is 3. The van der Waals surface area contributed by atoms with Crippen molar-refractivity contribution in [3.63, 3.8) is 0 Å². The zero-order chi connectivity index (χ0) is 25.7. The van der Waals surface area contributed by atoms with Gasteiger partial charge in [0.1, 0.15) is 10.7 Å². The second kappa shape index (κ2) is 11.6. The molecule has 3 aromatic carbocycles. The second-order valence-electron chi connectivity index (χ2n) is 8.47. The number of carbonyl (C=O) groups excluding carboxylic acids is 1. The molecule has 1 heterocycles. The Balaban J connectivity index is 1.50. The van der Waals surface area contributed by atoms with Crippen LogP contribution in [0.25, 0.3) is 0 Å². The van der Waals surface area contributed by atoms with Gasteiger partial charge in [0.05, 0.1) is 17.3 Å². The first-order valence-corrected chi connectivity index (χ1v) is 13.7. The van der Waals surface area contributed by atoms with Crippen LogP contribution in [0.1, 0.15) is 5.56 Å². The minimum absolute atomic E-state index is 0.0371. The summed E-state index contributed by atoms with van der Waals surface area (Å²) in [5.74, 6) is -0.633. The molecule has 0 bridgehead atoms. The maximum atomic E-state index is 14.2. The SMILES string of the molecule is O=C(CN(CCc1ccccc1)S(=O)(=O)c1cc(Cl)ccc1Cl)N1CCN(c2ccccc2F)CC1. The van der Waals surface area contributed by atoms with Crippen molar-refractivity contribution in [1.82, 2.24) is 9.21 Å². The average Bonchev–Trinajstić information content (AvgIpc) is 2.88. The van der Waals surface area contributed by atoms with Crippen LogP contribution in [0.4, 0.5) is 10.1 Å². The van der Waals surface area contributed by atoms with E-state index >= 15 is 0 Å². The molecule has 0 radical (unpaired) electrons. The van der Waals surface area contributed by atoms with Crippen LogP contribution < -0.4 is 4.90 Å². The molecule has 1 amide bonds. The third-order valence-electron chi connectivity index (χ3n) is 6.14. The normalized spacial score (nSPS) is 14.3. The second-order valence-corrected chi connectivity index (χ2v) is 11.2. The van der Waals surface area contributed by atoms with Crippen LogP contribution in [-0.4, -0.2) is 62.8 Å². The molecular weight excluding hydrogens is 524 g/mol. The molecule has 6 nitrogen and oxygen atoms in total. The minimum atomic E-state index is -4.11. The standard InChI is InChI=1S/C26H26Cl2FN3O3S/c27-21-10-11-22(28)25(18-21)36(34,35)32(13-12-20-6-2-1-3-7-20)19-26(33)31-16-14-30(15-17-31)24-9-5-4-8-23(24)29/h1-11,18H,12-17,19H2. The number of piperazine rings is 1. The molecular formula is C26H26Cl2FN3O3S. The molecule has 1 saturated heterocycles. The summed E-state index contributed by atoms with van der Waals surface area (Å²) in [5.41, 5.74) is 1.44. The summed E-state index contributed by atoms with van der Waals surface area (Å²) in [5, 5.41) is 0.270. The van der Waals surface area contributed by atoms with Gasteiger partial charge in [-0.1, -0.05) is 65.7 Å². The highest BCUT2D eigenvalue weighted by atomic mass is 35.5. The van der Waals surface area contributed by atoms with Crippen LogP contribution in [0.5, 0.6) is 0 Å². The van der Waals surface area contributed by atoms with E-state index in [0.29, 0.717) is 38.3 Å². The van der Waals surface area contributed by atoms with Crippen LogP contribution in [-0.2, 0) is 21.2 Å². The van der Waals surface area contributed by atoms with Crippen molar-refractivity contribution in [3.05, 3.63) is 94.2 Å². The number of hydrogen-bond donors (Lipinski definition) is 0. The van der Waals surface area contributed by atoms with Crippen molar-refractivity contribution in [2.45, 2.75) is 11.3 Å². The summed E-state index contributed by atoms with van der Waals surface area (Å²) in [6, 6.07) is 20.2. The molecule has 36 heavy (non-hydrogen) atoms. The highest BCUT2D eigenvalue weighted by Gasteiger charge is 2.31. The van der Waals surface area contributed by atoms with Gasteiger partial charge in [-0.2, -0.15) is 4.31 Å². The molecule has 10 heteroatoms. The highest BCUT2D eigenvalue weighted by molar-refractivity contribution is 7.89. The van der Waals surface area contributed by atoms with E-state index in [0.717, 1.165) is 9.87 Å². The van der Waals surface area contributed by atoms with E-state index < -0.39 is 10.0 Å². The first-order valence-electron chi connectivity index (χ1n) is 11.5. The minimum Gasteiger partial charge on any atom is -0.366 e. The summed E-state index contributed by atoms with van der Waals surface area (Å²) < 4.78 is 42.5. The fourth-order valence-electron chi connectivity index (χ4n) is 4.15. The Morgan fingerprint density at radius 2 is 1.58 bits per heavy atom. The summed E-state index contributed by atoms with van der Waals surface area (Å²) in [4.78, 5) is 16.6. The van der Waals surface area contributed by atoms with Crippen LogP contribution in [0.15, 0.2) is 77.7 Å². The van der Waals surface area contributed by atoms with Crippen LogP contribution in [0, 0.1) is 5.82 Å². The molecule has 0 aromatic heterocycles. The van der Waals surface area contributed by atoms with Crippen molar-refractivity contribution in [2.24, 2.45) is 0 Å². The molecule has 0 atom stereocenters. The summed E-state index contributed by atoms with van der Waals surface area (Å²) in [6.45, 7) is 1.37. The van der Waals surface area contributed by atoms with Gasteiger partial charge in [0.2, 0.25) is 15.9 Å². The Bertz CT molecular complexity index is 1320. The van der Waals surface area contributed by atoms with Gasteiger partial charge in [-0.3, -0.25) is 4.79 Å².